The zero-order chi connectivity index (χ0) is 8.11. The van der Waals surface area contributed by atoms with Crippen LogP contribution in [0.4, 0.5) is 0 Å². The lowest BCUT2D eigenvalue weighted by Crippen LogP contribution is -2.30. The molecule has 0 bridgehead atoms. The van der Waals surface area contributed by atoms with Gasteiger partial charge < -0.3 is 5.32 Å². The second kappa shape index (κ2) is 2.33. The maximum absolute atomic E-state index is 3.62. The summed E-state index contributed by atoms with van der Waals surface area (Å²) in [6, 6.07) is 0. The normalized spacial score (nSPS) is 45.5. The van der Waals surface area contributed by atoms with Gasteiger partial charge in [-0.1, -0.05) is 0 Å². The predicted octanol–water partition coefficient (Wildman–Crippen LogP) is 1.79. The Hall–Kier alpha value is 0.660. The molecular weight excluding hydrogens is 174 g/mol. The van der Waals surface area contributed by atoms with E-state index >= 15 is 0 Å². The van der Waals surface area contributed by atoms with E-state index in [0.29, 0.717) is 9.62 Å². The van der Waals surface area contributed by atoms with E-state index in [-0.39, 0.29) is 0 Å². The van der Waals surface area contributed by atoms with Gasteiger partial charge in [-0.3, -0.25) is 0 Å². The molecule has 0 aromatic carbocycles. The molecule has 64 valence electrons. The average Bonchev–Trinajstić information content (AvgIpc) is 2.61. The summed E-state index contributed by atoms with van der Waals surface area (Å²) in [7, 11) is 0. The first-order valence-corrected chi connectivity index (χ1v) is 6.47. The van der Waals surface area contributed by atoms with Gasteiger partial charge in [0.05, 0.1) is 4.08 Å². The first kappa shape index (κ1) is 8.27. The monoisotopic (exact) mass is 189 g/mol. The molecule has 1 heterocycles. The predicted molar refractivity (Wildman–Crippen MR) is 54.3 cm³/mol. The fourth-order valence-corrected chi connectivity index (χ4v) is 4.52. The third kappa shape index (κ3) is 0.973. The van der Waals surface area contributed by atoms with Gasteiger partial charge in [0.2, 0.25) is 0 Å². The lowest BCUT2D eigenvalue weighted by atomic mass is 10.2. The van der Waals surface area contributed by atoms with Crippen molar-refractivity contribution in [3.8, 4) is 0 Å². The minimum absolute atomic E-state index is 0.495. The Labute approximate surface area is 77.1 Å². The molecule has 2 fully saturated rings. The van der Waals surface area contributed by atoms with Crippen LogP contribution in [0.3, 0.4) is 0 Å². The van der Waals surface area contributed by atoms with Gasteiger partial charge in [-0.25, -0.2) is 0 Å². The van der Waals surface area contributed by atoms with E-state index < -0.39 is 0 Å². The van der Waals surface area contributed by atoms with E-state index in [0.717, 1.165) is 5.92 Å². The number of fused-ring (bicyclic) bond motifs is 1. The molecule has 1 aliphatic carbocycles. The van der Waals surface area contributed by atoms with Crippen molar-refractivity contribution in [3.63, 3.8) is 0 Å². The first-order chi connectivity index (χ1) is 5.17. The minimum atomic E-state index is 0.495. The average molecular weight is 189 g/mol. The van der Waals surface area contributed by atoms with E-state index in [2.05, 4.69) is 24.8 Å². The summed E-state index contributed by atoms with van der Waals surface area (Å²) in [4.78, 5) is 0. The Morgan fingerprint density at radius 1 is 1.36 bits per heavy atom. The Balaban J connectivity index is 2.16. The van der Waals surface area contributed by atoms with Crippen LogP contribution < -0.4 is 5.32 Å². The molecule has 1 saturated heterocycles. The Morgan fingerprint density at radius 2 is 2.00 bits per heavy atom. The van der Waals surface area contributed by atoms with Crippen LogP contribution in [0, 0.1) is 5.92 Å². The number of nitrogens with one attached hydrogen (secondary N) is 1. The maximum Gasteiger partial charge on any atom is 0.0775 e. The molecule has 0 aromatic rings. The molecule has 2 atom stereocenters. The highest BCUT2D eigenvalue weighted by molar-refractivity contribution is 8.17. The fourth-order valence-electron chi connectivity index (χ4n) is 2.16. The molecule has 1 aliphatic heterocycles. The lowest BCUT2D eigenvalue weighted by molar-refractivity contribution is 0.600. The quantitative estimate of drug-likeness (QED) is 0.665. The van der Waals surface area contributed by atoms with Gasteiger partial charge in [0.25, 0.3) is 0 Å². The standard InChI is InChI=1S/C8H15NS2/c1-7-4-6(7)8(10-2,11-3)5-9-7/h6,9H,4-5H2,1-3H3. The molecule has 0 spiro atoms. The molecule has 0 amide bonds. The molecule has 3 heteroatoms. The third-order valence-corrected chi connectivity index (χ3v) is 6.44. The summed E-state index contributed by atoms with van der Waals surface area (Å²) in [6.45, 7) is 3.54. The van der Waals surface area contributed by atoms with Gasteiger partial charge >= 0.3 is 0 Å². The summed E-state index contributed by atoms with van der Waals surface area (Å²) < 4.78 is 0.495. The summed E-state index contributed by atoms with van der Waals surface area (Å²) in [5.74, 6) is 0.917. The first-order valence-electron chi connectivity index (χ1n) is 4.02. The number of piperidine rings is 1. The lowest BCUT2D eigenvalue weighted by Gasteiger charge is -2.25. The van der Waals surface area contributed by atoms with Crippen LogP contribution in [0.1, 0.15) is 13.3 Å². The van der Waals surface area contributed by atoms with E-state index in [1.165, 1.54) is 13.0 Å². The number of hydrogen-bond acceptors (Lipinski definition) is 3. The van der Waals surface area contributed by atoms with E-state index in [1.54, 1.807) is 0 Å². The number of rotatable bonds is 2. The van der Waals surface area contributed by atoms with Crippen LogP contribution in [0.2, 0.25) is 0 Å². The van der Waals surface area contributed by atoms with Gasteiger partial charge in [0.1, 0.15) is 0 Å². The molecule has 1 saturated carbocycles. The molecule has 0 aromatic heterocycles. The van der Waals surface area contributed by atoms with Gasteiger partial charge in [-0.2, -0.15) is 0 Å². The van der Waals surface area contributed by atoms with E-state index in [1.807, 2.05) is 23.5 Å². The van der Waals surface area contributed by atoms with E-state index in [4.69, 9.17) is 0 Å². The van der Waals surface area contributed by atoms with Gasteiger partial charge in [0.15, 0.2) is 0 Å². The smallest absolute Gasteiger partial charge is 0.0775 e. The SMILES string of the molecule is CSC1(SC)CNC2(C)CC21. The second-order valence-corrected chi connectivity index (χ2v) is 6.28. The van der Waals surface area contributed by atoms with Crippen LogP contribution in [0.5, 0.6) is 0 Å². The topological polar surface area (TPSA) is 12.0 Å². The molecule has 1 nitrogen and oxygen atoms in total. The van der Waals surface area contributed by atoms with Crippen molar-refractivity contribution in [2.45, 2.75) is 23.0 Å². The molecule has 2 rings (SSSR count). The minimum Gasteiger partial charge on any atom is -0.309 e. The van der Waals surface area contributed by atoms with Crippen molar-refractivity contribution in [2.24, 2.45) is 5.92 Å². The third-order valence-electron chi connectivity index (χ3n) is 3.20. The van der Waals surface area contributed by atoms with Crippen LogP contribution in [0.25, 0.3) is 0 Å². The van der Waals surface area contributed by atoms with Gasteiger partial charge in [-0.15, -0.1) is 23.5 Å². The van der Waals surface area contributed by atoms with Crippen molar-refractivity contribution < 1.29 is 0 Å². The summed E-state index contributed by atoms with van der Waals surface area (Å²) in [5, 5.41) is 3.62. The molecule has 2 unspecified atom stereocenters. The van der Waals surface area contributed by atoms with Crippen LogP contribution >= 0.6 is 23.5 Å². The molecular formula is C8H15NS2. The van der Waals surface area contributed by atoms with Gasteiger partial charge in [-0.05, 0) is 25.9 Å². The summed E-state index contributed by atoms with van der Waals surface area (Å²) in [6.07, 6.45) is 5.86. The van der Waals surface area contributed by atoms with Crippen molar-refractivity contribution in [1.82, 2.24) is 5.32 Å². The number of hydrogen-bond donors (Lipinski definition) is 1. The van der Waals surface area contributed by atoms with Crippen molar-refractivity contribution >= 4 is 23.5 Å². The summed E-state index contributed by atoms with van der Waals surface area (Å²) in [5.41, 5.74) is 0.506. The molecule has 1 N–H and O–H groups in total. The van der Waals surface area contributed by atoms with Crippen molar-refractivity contribution in [1.29, 1.82) is 0 Å². The largest absolute Gasteiger partial charge is 0.309 e. The van der Waals surface area contributed by atoms with Crippen LogP contribution in [0.15, 0.2) is 0 Å². The van der Waals surface area contributed by atoms with Crippen molar-refractivity contribution in [2.75, 3.05) is 19.1 Å². The number of thioether (sulfide) groups is 2. The highest BCUT2D eigenvalue weighted by Crippen LogP contribution is 2.62. The second-order valence-electron chi connectivity index (χ2n) is 3.75. The zero-order valence-electron chi connectivity index (χ0n) is 7.31. The Morgan fingerprint density at radius 3 is 2.18 bits per heavy atom. The zero-order valence-corrected chi connectivity index (χ0v) is 8.94. The molecule has 2 aliphatic rings. The van der Waals surface area contributed by atoms with Crippen LogP contribution in [-0.4, -0.2) is 28.7 Å². The Bertz CT molecular complexity index is 179. The van der Waals surface area contributed by atoms with Crippen LogP contribution in [-0.2, 0) is 0 Å². The van der Waals surface area contributed by atoms with Gasteiger partial charge in [0, 0.05) is 18.0 Å². The fraction of sp³-hybridized carbons (Fsp3) is 1.00. The highest BCUT2D eigenvalue weighted by Gasteiger charge is 2.65. The summed E-state index contributed by atoms with van der Waals surface area (Å²) >= 11 is 4.06. The van der Waals surface area contributed by atoms with E-state index in [9.17, 15) is 0 Å². The maximum atomic E-state index is 3.62. The van der Waals surface area contributed by atoms with Crippen molar-refractivity contribution in [3.05, 3.63) is 0 Å². The molecule has 11 heavy (non-hydrogen) atoms. The highest BCUT2D eigenvalue weighted by atomic mass is 32.2. The Kier molecular flexibility index (Phi) is 1.75. The molecule has 0 radical (unpaired) electrons.